The summed E-state index contributed by atoms with van der Waals surface area (Å²) in [5, 5.41) is 8.91. The molecule has 0 aromatic carbocycles. The summed E-state index contributed by atoms with van der Waals surface area (Å²) in [5.74, 6) is 2.78. The molecule has 0 amide bonds. The highest BCUT2D eigenvalue weighted by molar-refractivity contribution is 5.06. The van der Waals surface area contributed by atoms with Crippen molar-refractivity contribution in [3.8, 4) is 18.4 Å². The van der Waals surface area contributed by atoms with E-state index in [0.717, 1.165) is 39.1 Å². The molecule has 4 heteroatoms. The van der Waals surface area contributed by atoms with Crippen molar-refractivity contribution < 1.29 is 4.74 Å². The van der Waals surface area contributed by atoms with Crippen molar-refractivity contribution >= 4 is 0 Å². The first-order chi connectivity index (χ1) is 9.01. The number of hydrogen-bond acceptors (Lipinski definition) is 4. The topological polar surface area (TPSA) is 39.5 Å². The van der Waals surface area contributed by atoms with E-state index in [-0.39, 0.29) is 11.1 Å². The van der Waals surface area contributed by atoms with Crippen LogP contribution < -0.4 is 0 Å². The standard InChI is InChI=1S/C15H23N3O/c1-4-7-18-10-9-17(8-6-16)13-15(18)5-11-19-14(2,3)12-15/h1H,5,7-13H2,2-3H3/t15-/m1/s1. The van der Waals surface area contributed by atoms with Gasteiger partial charge in [-0.3, -0.25) is 9.80 Å². The molecule has 2 aliphatic rings. The number of ether oxygens (including phenoxy) is 1. The quantitative estimate of drug-likeness (QED) is 0.551. The van der Waals surface area contributed by atoms with Gasteiger partial charge < -0.3 is 4.74 Å². The summed E-state index contributed by atoms with van der Waals surface area (Å²) in [7, 11) is 0. The summed E-state index contributed by atoms with van der Waals surface area (Å²) in [5.41, 5.74) is -0.0377. The van der Waals surface area contributed by atoms with Gasteiger partial charge in [0.15, 0.2) is 0 Å². The number of rotatable bonds is 2. The molecule has 0 bridgehead atoms. The fourth-order valence-corrected chi connectivity index (χ4v) is 3.54. The van der Waals surface area contributed by atoms with Crippen LogP contribution in [0.3, 0.4) is 0 Å². The van der Waals surface area contributed by atoms with Gasteiger partial charge in [-0.25, -0.2) is 0 Å². The van der Waals surface area contributed by atoms with Gasteiger partial charge in [-0.15, -0.1) is 6.42 Å². The van der Waals surface area contributed by atoms with Crippen LogP contribution in [0, 0.1) is 23.7 Å². The molecule has 2 heterocycles. The van der Waals surface area contributed by atoms with Gasteiger partial charge in [-0.2, -0.15) is 5.26 Å². The van der Waals surface area contributed by atoms with E-state index in [9.17, 15) is 0 Å². The molecule has 2 aliphatic heterocycles. The van der Waals surface area contributed by atoms with Crippen molar-refractivity contribution in [1.82, 2.24) is 9.80 Å². The monoisotopic (exact) mass is 261 g/mol. The Hall–Kier alpha value is -1.07. The van der Waals surface area contributed by atoms with Crippen LogP contribution in [0.5, 0.6) is 0 Å². The van der Waals surface area contributed by atoms with E-state index in [4.69, 9.17) is 16.4 Å². The second kappa shape index (κ2) is 5.51. The van der Waals surface area contributed by atoms with Crippen LogP contribution in [0.15, 0.2) is 0 Å². The van der Waals surface area contributed by atoms with Crippen molar-refractivity contribution in [2.24, 2.45) is 0 Å². The molecule has 0 radical (unpaired) electrons. The maximum absolute atomic E-state index is 8.91. The van der Waals surface area contributed by atoms with Crippen LogP contribution in [-0.2, 0) is 4.74 Å². The van der Waals surface area contributed by atoms with E-state index in [1.54, 1.807) is 0 Å². The van der Waals surface area contributed by atoms with Gasteiger partial charge in [0.05, 0.1) is 24.8 Å². The lowest BCUT2D eigenvalue weighted by Gasteiger charge is -2.55. The Morgan fingerprint density at radius 3 is 2.74 bits per heavy atom. The smallest absolute Gasteiger partial charge is 0.0867 e. The fraction of sp³-hybridized carbons (Fsp3) is 0.800. The average Bonchev–Trinajstić information content (AvgIpc) is 2.32. The minimum Gasteiger partial charge on any atom is -0.375 e. The highest BCUT2D eigenvalue weighted by atomic mass is 16.5. The van der Waals surface area contributed by atoms with Crippen LogP contribution in [0.2, 0.25) is 0 Å². The predicted octanol–water partition coefficient (Wildman–Crippen LogP) is 1.09. The lowest BCUT2D eigenvalue weighted by Crippen LogP contribution is -2.66. The molecule has 1 spiro atoms. The molecule has 0 unspecified atom stereocenters. The molecule has 104 valence electrons. The zero-order chi connectivity index (χ0) is 13.9. The lowest BCUT2D eigenvalue weighted by atomic mass is 9.78. The van der Waals surface area contributed by atoms with Gasteiger partial charge >= 0.3 is 0 Å². The Labute approximate surface area is 116 Å². The first-order valence-corrected chi connectivity index (χ1v) is 6.93. The third-order valence-electron chi connectivity index (χ3n) is 4.27. The van der Waals surface area contributed by atoms with E-state index >= 15 is 0 Å². The molecule has 2 rings (SSSR count). The van der Waals surface area contributed by atoms with Crippen molar-refractivity contribution in [2.75, 3.05) is 39.3 Å². The Kier molecular flexibility index (Phi) is 4.16. The average molecular weight is 261 g/mol. The number of piperazine rings is 1. The van der Waals surface area contributed by atoms with Crippen LogP contribution >= 0.6 is 0 Å². The van der Waals surface area contributed by atoms with Gasteiger partial charge in [0.25, 0.3) is 0 Å². The maximum Gasteiger partial charge on any atom is 0.0867 e. The Morgan fingerprint density at radius 2 is 2.11 bits per heavy atom. The number of hydrogen-bond donors (Lipinski definition) is 0. The van der Waals surface area contributed by atoms with Gasteiger partial charge in [-0.05, 0) is 26.7 Å². The highest BCUT2D eigenvalue weighted by Gasteiger charge is 2.47. The Morgan fingerprint density at radius 1 is 1.32 bits per heavy atom. The molecular formula is C15H23N3O. The van der Waals surface area contributed by atoms with E-state index in [0.29, 0.717) is 13.1 Å². The number of nitriles is 1. The molecule has 19 heavy (non-hydrogen) atoms. The van der Waals surface area contributed by atoms with Crippen molar-refractivity contribution in [3.05, 3.63) is 0 Å². The Bertz CT molecular complexity index is 407. The zero-order valence-electron chi connectivity index (χ0n) is 12.0. The van der Waals surface area contributed by atoms with E-state index in [1.807, 2.05) is 0 Å². The molecule has 2 fully saturated rings. The predicted molar refractivity (Wildman–Crippen MR) is 74.5 cm³/mol. The molecule has 4 nitrogen and oxygen atoms in total. The zero-order valence-corrected chi connectivity index (χ0v) is 12.0. The van der Waals surface area contributed by atoms with Crippen LogP contribution in [-0.4, -0.2) is 60.3 Å². The first kappa shape index (κ1) is 14.3. The maximum atomic E-state index is 8.91. The third kappa shape index (κ3) is 3.09. The summed E-state index contributed by atoms with van der Waals surface area (Å²) in [6, 6.07) is 2.26. The SMILES string of the molecule is C#CCN1CCN(CC#N)C[C@]12CCOC(C)(C)C2. The molecule has 0 aromatic rings. The molecule has 0 saturated carbocycles. The second-order valence-electron chi connectivity index (χ2n) is 6.25. The number of nitrogens with zero attached hydrogens (tertiary/aromatic N) is 3. The molecule has 2 saturated heterocycles. The van der Waals surface area contributed by atoms with Crippen LogP contribution in [0.25, 0.3) is 0 Å². The number of terminal acetylenes is 1. The summed E-state index contributed by atoms with van der Waals surface area (Å²) >= 11 is 0. The summed E-state index contributed by atoms with van der Waals surface area (Å²) in [6.45, 7) is 9.06. The van der Waals surface area contributed by atoms with Crippen LogP contribution in [0.4, 0.5) is 0 Å². The summed E-state index contributed by atoms with van der Waals surface area (Å²) in [6.07, 6.45) is 7.50. The van der Waals surface area contributed by atoms with E-state index in [1.165, 1.54) is 0 Å². The van der Waals surface area contributed by atoms with Gasteiger partial charge in [0, 0.05) is 31.8 Å². The highest BCUT2D eigenvalue weighted by Crippen LogP contribution is 2.38. The second-order valence-corrected chi connectivity index (χ2v) is 6.25. The molecule has 0 aromatic heterocycles. The lowest BCUT2D eigenvalue weighted by molar-refractivity contribution is -0.137. The molecule has 1 atom stereocenters. The van der Waals surface area contributed by atoms with E-state index in [2.05, 4.69) is 35.6 Å². The first-order valence-electron chi connectivity index (χ1n) is 6.93. The summed E-state index contributed by atoms with van der Waals surface area (Å²) in [4.78, 5) is 4.67. The van der Waals surface area contributed by atoms with Crippen molar-refractivity contribution in [1.29, 1.82) is 5.26 Å². The van der Waals surface area contributed by atoms with Gasteiger partial charge in [-0.1, -0.05) is 5.92 Å². The molecule has 0 N–H and O–H groups in total. The minimum absolute atomic E-state index is 0.0726. The molecule has 0 aliphatic carbocycles. The van der Waals surface area contributed by atoms with Crippen molar-refractivity contribution in [3.63, 3.8) is 0 Å². The minimum atomic E-state index is -0.110. The molecular weight excluding hydrogens is 238 g/mol. The van der Waals surface area contributed by atoms with Gasteiger partial charge in [0.1, 0.15) is 0 Å². The fourth-order valence-electron chi connectivity index (χ4n) is 3.54. The summed E-state index contributed by atoms with van der Waals surface area (Å²) < 4.78 is 5.85. The normalized spacial score (nSPS) is 31.8. The third-order valence-corrected chi connectivity index (χ3v) is 4.27. The van der Waals surface area contributed by atoms with Crippen LogP contribution in [0.1, 0.15) is 26.7 Å². The Balaban J connectivity index is 2.19. The van der Waals surface area contributed by atoms with Gasteiger partial charge in [0.2, 0.25) is 0 Å². The van der Waals surface area contributed by atoms with Crippen molar-refractivity contribution in [2.45, 2.75) is 37.8 Å². The van der Waals surface area contributed by atoms with E-state index < -0.39 is 0 Å². The largest absolute Gasteiger partial charge is 0.375 e.